The summed E-state index contributed by atoms with van der Waals surface area (Å²) in [7, 11) is 0. The number of hydrogen-bond acceptors (Lipinski definition) is 5. The Labute approximate surface area is 169 Å². The van der Waals surface area contributed by atoms with Crippen molar-refractivity contribution in [2.24, 2.45) is 5.92 Å². The molecule has 28 heavy (non-hydrogen) atoms. The van der Waals surface area contributed by atoms with E-state index in [2.05, 4.69) is 12.6 Å². The van der Waals surface area contributed by atoms with Crippen molar-refractivity contribution in [1.82, 2.24) is 4.90 Å². The molecule has 1 saturated heterocycles. The lowest BCUT2D eigenvalue weighted by atomic mass is 9.85. The molecule has 0 spiro atoms. The van der Waals surface area contributed by atoms with Gasteiger partial charge < -0.3 is 14.7 Å². The highest BCUT2D eigenvalue weighted by Crippen LogP contribution is 2.45. The molecule has 0 aromatic heterocycles. The summed E-state index contributed by atoms with van der Waals surface area (Å²) in [5.41, 5.74) is 1.93. The van der Waals surface area contributed by atoms with Gasteiger partial charge in [-0.1, -0.05) is 60.7 Å². The van der Waals surface area contributed by atoms with E-state index in [1.807, 2.05) is 60.7 Å². The smallest absolute Gasteiger partial charge is 0.356 e. The summed E-state index contributed by atoms with van der Waals surface area (Å²) in [6, 6.07) is 18.9. The molecule has 0 saturated carbocycles. The minimum atomic E-state index is -0.577. The number of ether oxygens (including phenoxy) is 1. The Hall–Kier alpha value is -2.57. The van der Waals surface area contributed by atoms with Gasteiger partial charge in [0, 0.05) is 17.9 Å². The van der Waals surface area contributed by atoms with Crippen molar-refractivity contribution in [3.05, 3.63) is 82.4 Å². The second-order valence-electron chi connectivity index (χ2n) is 7.00. The molecule has 1 fully saturated rings. The maximum atomic E-state index is 13.0. The molecule has 2 aliphatic rings. The van der Waals surface area contributed by atoms with Gasteiger partial charge in [-0.25, -0.2) is 4.79 Å². The number of thiol groups is 1. The summed E-state index contributed by atoms with van der Waals surface area (Å²) in [6.07, 6.45) is 0.345. The monoisotopic (exact) mass is 395 g/mol. The summed E-state index contributed by atoms with van der Waals surface area (Å²) in [5.74, 6) is -0.955. The normalized spacial score (nSPS) is 21.0. The van der Waals surface area contributed by atoms with E-state index in [-0.39, 0.29) is 30.2 Å². The summed E-state index contributed by atoms with van der Waals surface area (Å²) in [4.78, 5) is 27.5. The van der Waals surface area contributed by atoms with Crippen LogP contribution in [0.2, 0.25) is 0 Å². The van der Waals surface area contributed by atoms with Crippen molar-refractivity contribution < 1.29 is 19.4 Å². The van der Waals surface area contributed by atoms with Gasteiger partial charge in [0.15, 0.2) is 6.10 Å². The van der Waals surface area contributed by atoms with Gasteiger partial charge in [-0.05, 0) is 17.5 Å². The molecule has 2 unspecified atom stereocenters. The predicted octanol–water partition coefficient (Wildman–Crippen LogP) is 3.07. The van der Waals surface area contributed by atoms with E-state index < -0.39 is 12.1 Å². The number of aliphatic hydroxyl groups excluding tert-OH is 1. The van der Waals surface area contributed by atoms with Crippen molar-refractivity contribution in [1.29, 1.82) is 0 Å². The highest BCUT2D eigenvalue weighted by Gasteiger charge is 2.54. The lowest BCUT2D eigenvalue weighted by molar-refractivity contribution is -0.158. The second kappa shape index (κ2) is 7.81. The van der Waals surface area contributed by atoms with Crippen molar-refractivity contribution in [3.63, 3.8) is 0 Å². The summed E-state index contributed by atoms with van der Waals surface area (Å²) >= 11 is 4.45. The van der Waals surface area contributed by atoms with Crippen LogP contribution in [0.4, 0.5) is 0 Å². The first-order valence-electron chi connectivity index (χ1n) is 9.28. The van der Waals surface area contributed by atoms with Gasteiger partial charge in [0.2, 0.25) is 5.91 Å². The van der Waals surface area contributed by atoms with Crippen molar-refractivity contribution in [2.45, 2.75) is 25.0 Å². The van der Waals surface area contributed by atoms with Crippen LogP contribution in [0.15, 0.2) is 71.3 Å². The molecular weight excluding hydrogens is 374 g/mol. The van der Waals surface area contributed by atoms with E-state index in [1.54, 1.807) is 0 Å². The van der Waals surface area contributed by atoms with E-state index in [1.165, 1.54) is 4.90 Å². The Morgan fingerprint density at radius 2 is 1.68 bits per heavy atom. The van der Waals surface area contributed by atoms with Crippen LogP contribution < -0.4 is 0 Å². The first kappa shape index (κ1) is 18.8. The Morgan fingerprint density at radius 3 is 2.21 bits per heavy atom. The highest BCUT2D eigenvalue weighted by molar-refractivity contribution is 7.84. The summed E-state index contributed by atoms with van der Waals surface area (Å²) < 4.78 is 5.88. The van der Waals surface area contributed by atoms with Gasteiger partial charge in [-0.3, -0.25) is 4.79 Å². The molecule has 0 radical (unpaired) electrons. The van der Waals surface area contributed by atoms with Crippen LogP contribution in [0, 0.1) is 5.92 Å². The zero-order valence-electron chi connectivity index (χ0n) is 15.2. The molecule has 0 aliphatic carbocycles. The van der Waals surface area contributed by atoms with Crippen LogP contribution in [0.25, 0.3) is 0 Å². The maximum Gasteiger partial charge on any atom is 0.356 e. The fourth-order valence-corrected chi connectivity index (χ4v) is 4.35. The van der Waals surface area contributed by atoms with Crippen molar-refractivity contribution in [2.75, 3.05) is 6.61 Å². The molecule has 2 atom stereocenters. The first-order valence-corrected chi connectivity index (χ1v) is 9.73. The number of carbonyl (C=O) groups excluding carboxylic acids is 2. The topological polar surface area (TPSA) is 66.8 Å². The van der Waals surface area contributed by atoms with Crippen LogP contribution in [-0.2, 0) is 14.3 Å². The van der Waals surface area contributed by atoms with Crippen LogP contribution in [0.5, 0.6) is 0 Å². The highest BCUT2D eigenvalue weighted by atomic mass is 32.1. The van der Waals surface area contributed by atoms with Crippen molar-refractivity contribution in [3.8, 4) is 0 Å². The average molecular weight is 395 g/mol. The summed E-state index contributed by atoms with van der Waals surface area (Å²) in [5, 5.41) is 9.16. The van der Waals surface area contributed by atoms with E-state index in [9.17, 15) is 9.59 Å². The number of esters is 1. The number of carbonyl (C=O) groups is 2. The number of aliphatic hydroxyl groups is 1. The van der Waals surface area contributed by atoms with E-state index in [0.29, 0.717) is 17.7 Å². The number of amides is 1. The van der Waals surface area contributed by atoms with E-state index in [4.69, 9.17) is 9.84 Å². The standard InChI is InChI=1S/C22H21NO4S/c24-12-11-16-17-13-18(28)19(23(17)21(16)25)22(26)27-20(14-7-3-1-4-8-14)15-9-5-2-6-10-15/h1-10,16-17,20,24,28H,11-13H2. The average Bonchev–Trinajstić information content (AvgIpc) is 3.04. The Balaban J connectivity index is 1.59. The molecule has 144 valence electrons. The van der Waals surface area contributed by atoms with Crippen LogP contribution >= 0.6 is 12.6 Å². The van der Waals surface area contributed by atoms with Crippen LogP contribution in [-0.4, -0.2) is 34.5 Å². The Kier molecular flexibility index (Phi) is 5.24. The van der Waals surface area contributed by atoms with Gasteiger partial charge in [-0.2, -0.15) is 0 Å². The molecule has 6 heteroatoms. The molecule has 1 amide bonds. The molecule has 0 bridgehead atoms. The molecule has 5 nitrogen and oxygen atoms in total. The van der Waals surface area contributed by atoms with E-state index in [0.717, 1.165) is 11.1 Å². The van der Waals surface area contributed by atoms with Gasteiger partial charge in [0.1, 0.15) is 5.70 Å². The van der Waals surface area contributed by atoms with Crippen LogP contribution in [0.3, 0.4) is 0 Å². The third kappa shape index (κ3) is 3.23. The third-order valence-corrected chi connectivity index (χ3v) is 5.72. The molecule has 2 aromatic carbocycles. The molecular formula is C22H21NO4S. The van der Waals surface area contributed by atoms with Crippen LogP contribution in [0.1, 0.15) is 30.1 Å². The summed E-state index contributed by atoms with van der Waals surface area (Å²) in [6.45, 7) is -0.0491. The van der Waals surface area contributed by atoms with Gasteiger partial charge in [0.05, 0.1) is 12.0 Å². The first-order chi connectivity index (χ1) is 13.6. The minimum absolute atomic E-state index is 0.0491. The number of benzene rings is 2. The lowest BCUT2D eigenvalue weighted by Gasteiger charge is -2.43. The van der Waals surface area contributed by atoms with Gasteiger partial charge in [0.25, 0.3) is 0 Å². The quantitative estimate of drug-likeness (QED) is 0.448. The Morgan fingerprint density at radius 1 is 1.11 bits per heavy atom. The second-order valence-corrected chi connectivity index (χ2v) is 7.54. The molecule has 2 aliphatic heterocycles. The zero-order valence-corrected chi connectivity index (χ0v) is 16.1. The lowest BCUT2D eigenvalue weighted by Crippen LogP contribution is -2.58. The number of rotatable bonds is 6. The SMILES string of the molecule is O=C(OC(c1ccccc1)c1ccccc1)C1=C(S)CC2C(CCO)C(=O)N12. The van der Waals surface area contributed by atoms with Gasteiger partial charge in [-0.15, -0.1) is 12.6 Å². The minimum Gasteiger partial charge on any atom is -0.448 e. The fraction of sp³-hybridized carbons (Fsp3) is 0.273. The third-order valence-electron chi connectivity index (χ3n) is 5.33. The number of β-lactam (4-membered cyclic amide) rings is 1. The van der Waals surface area contributed by atoms with Gasteiger partial charge >= 0.3 is 5.97 Å². The number of fused-ring (bicyclic) bond motifs is 1. The largest absolute Gasteiger partial charge is 0.448 e. The Bertz CT molecular complexity index is 873. The predicted molar refractivity (Wildman–Crippen MR) is 107 cm³/mol. The molecule has 2 aromatic rings. The molecule has 2 heterocycles. The van der Waals surface area contributed by atoms with Crippen molar-refractivity contribution >= 4 is 24.5 Å². The number of hydrogen-bond donors (Lipinski definition) is 2. The van der Waals surface area contributed by atoms with E-state index >= 15 is 0 Å². The molecule has 4 rings (SSSR count). The molecule has 1 N–H and O–H groups in total. The fourth-order valence-electron chi connectivity index (χ4n) is 3.97. The number of nitrogens with zero attached hydrogens (tertiary/aromatic N) is 1. The maximum absolute atomic E-state index is 13.0. The zero-order chi connectivity index (χ0) is 19.7.